The molecular formula is C23H32N4O2. The van der Waals surface area contributed by atoms with Gasteiger partial charge in [-0.1, -0.05) is 12.5 Å². The molecule has 2 amide bonds. The molecule has 2 aliphatic heterocycles. The molecular weight excluding hydrogens is 364 g/mol. The Morgan fingerprint density at radius 2 is 1.79 bits per heavy atom. The first kappa shape index (κ1) is 20.0. The second-order valence-corrected chi connectivity index (χ2v) is 8.34. The lowest BCUT2D eigenvalue weighted by Crippen LogP contribution is -2.44. The first-order valence-electron chi connectivity index (χ1n) is 11.1. The summed E-state index contributed by atoms with van der Waals surface area (Å²) in [5, 5.41) is 4.07. The van der Waals surface area contributed by atoms with Gasteiger partial charge in [0, 0.05) is 61.3 Å². The Labute approximate surface area is 172 Å². The van der Waals surface area contributed by atoms with Crippen LogP contribution >= 0.6 is 0 Å². The fourth-order valence-corrected chi connectivity index (χ4v) is 4.75. The van der Waals surface area contributed by atoms with Crippen molar-refractivity contribution in [3.63, 3.8) is 0 Å². The molecule has 1 atom stereocenters. The third-order valence-corrected chi connectivity index (χ3v) is 6.33. The van der Waals surface area contributed by atoms with Gasteiger partial charge in [-0.2, -0.15) is 0 Å². The normalized spacial score (nSPS) is 22.8. The Morgan fingerprint density at radius 1 is 0.966 bits per heavy atom. The predicted octanol–water partition coefficient (Wildman–Crippen LogP) is 3.15. The zero-order valence-corrected chi connectivity index (χ0v) is 17.2. The van der Waals surface area contributed by atoms with Crippen LogP contribution < -0.4 is 5.32 Å². The topological polar surface area (TPSA) is 68.4 Å². The Hall–Kier alpha value is -2.34. The van der Waals surface area contributed by atoms with Crippen LogP contribution in [-0.2, 0) is 4.79 Å². The summed E-state index contributed by atoms with van der Waals surface area (Å²) in [6, 6.07) is 8.21. The van der Waals surface area contributed by atoms with Gasteiger partial charge < -0.3 is 15.2 Å². The van der Waals surface area contributed by atoms with Gasteiger partial charge in [0.2, 0.25) is 5.91 Å². The van der Waals surface area contributed by atoms with Crippen molar-refractivity contribution in [1.29, 1.82) is 0 Å². The van der Waals surface area contributed by atoms with Gasteiger partial charge in [0.05, 0.1) is 0 Å². The Kier molecular flexibility index (Phi) is 6.49. The molecule has 29 heavy (non-hydrogen) atoms. The van der Waals surface area contributed by atoms with Gasteiger partial charge in [-0.05, 0) is 56.8 Å². The number of H-pyrrole nitrogens is 1. The van der Waals surface area contributed by atoms with E-state index in [1.54, 1.807) is 0 Å². The molecule has 2 N–H and O–H groups in total. The smallest absolute Gasteiger partial charge is 0.254 e. The maximum absolute atomic E-state index is 13.4. The molecule has 2 aromatic rings. The SMILES string of the molecule is O=C1CC2CCCCN2CCCN(C(=O)c2cccc3[nH]ccc23)CCCCN1. The number of hydrogen-bond donors (Lipinski definition) is 2. The number of hydrogen-bond acceptors (Lipinski definition) is 3. The molecule has 2 saturated heterocycles. The van der Waals surface area contributed by atoms with Gasteiger partial charge in [0.15, 0.2) is 0 Å². The second-order valence-electron chi connectivity index (χ2n) is 8.34. The number of amides is 2. The summed E-state index contributed by atoms with van der Waals surface area (Å²) < 4.78 is 0. The number of piperidine rings is 1. The summed E-state index contributed by atoms with van der Waals surface area (Å²) >= 11 is 0. The number of nitrogens with one attached hydrogen (secondary N) is 2. The average molecular weight is 397 g/mol. The van der Waals surface area contributed by atoms with E-state index in [4.69, 9.17) is 0 Å². The minimum atomic E-state index is 0.115. The highest BCUT2D eigenvalue weighted by Gasteiger charge is 2.25. The first-order chi connectivity index (χ1) is 14.2. The van der Waals surface area contributed by atoms with E-state index in [1.807, 2.05) is 35.4 Å². The number of carbonyl (C=O) groups is 2. The molecule has 0 bridgehead atoms. The average Bonchev–Trinajstić information content (AvgIpc) is 3.21. The lowest BCUT2D eigenvalue weighted by molar-refractivity contribution is -0.122. The van der Waals surface area contributed by atoms with E-state index in [9.17, 15) is 9.59 Å². The van der Waals surface area contributed by atoms with Crippen LogP contribution in [0.5, 0.6) is 0 Å². The number of benzene rings is 1. The van der Waals surface area contributed by atoms with Crippen molar-refractivity contribution in [3.8, 4) is 0 Å². The van der Waals surface area contributed by atoms with Crippen molar-refractivity contribution < 1.29 is 9.59 Å². The number of nitrogens with zero attached hydrogens (tertiary/aromatic N) is 2. The number of aromatic amines is 1. The number of rotatable bonds is 1. The van der Waals surface area contributed by atoms with Crippen molar-refractivity contribution >= 4 is 22.7 Å². The van der Waals surface area contributed by atoms with Crippen LogP contribution in [0.25, 0.3) is 10.9 Å². The number of fused-ring (bicyclic) bond motifs is 2. The zero-order chi connectivity index (χ0) is 20.1. The third-order valence-electron chi connectivity index (χ3n) is 6.33. The quantitative estimate of drug-likeness (QED) is 0.778. The molecule has 6 heteroatoms. The Morgan fingerprint density at radius 3 is 2.72 bits per heavy atom. The van der Waals surface area contributed by atoms with Gasteiger partial charge in [0.25, 0.3) is 5.91 Å². The van der Waals surface area contributed by atoms with Crippen molar-refractivity contribution in [3.05, 3.63) is 36.0 Å². The summed E-state index contributed by atoms with van der Waals surface area (Å²) in [5.74, 6) is 0.289. The van der Waals surface area contributed by atoms with Gasteiger partial charge in [-0.15, -0.1) is 0 Å². The molecule has 6 nitrogen and oxygen atoms in total. The zero-order valence-electron chi connectivity index (χ0n) is 17.2. The van der Waals surface area contributed by atoms with Crippen LogP contribution in [0.1, 0.15) is 55.3 Å². The highest BCUT2D eigenvalue weighted by molar-refractivity contribution is 6.06. The minimum Gasteiger partial charge on any atom is -0.361 e. The number of aromatic nitrogens is 1. The first-order valence-corrected chi connectivity index (χ1v) is 11.1. The minimum absolute atomic E-state index is 0.115. The lowest BCUT2D eigenvalue weighted by Gasteiger charge is -2.35. The molecule has 3 heterocycles. The van der Waals surface area contributed by atoms with E-state index in [-0.39, 0.29) is 11.8 Å². The van der Waals surface area contributed by atoms with E-state index in [1.165, 1.54) is 12.8 Å². The molecule has 0 radical (unpaired) electrons. The summed E-state index contributed by atoms with van der Waals surface area (Å²) in [6.45, 7) is 4.22. The van der Waals surface area contributed by atoms with Crippen LogP contribution in [0.2, 0.25) is 0 Å². The van der Waals surface area contributed by atoms with Gasteiger partial charge in [-0.3, -0.25) is 14.5 Å². The summed E-state index contributed by atoms with van der Waals surface area (Å²) in [6.07, 6.45) is 8.77. The largest absolute Gasteiger partial charge is 0.361 e. The lowest BCUT2D eigenvalue weighted by atomic mass is 9.98. The van der Waals surface area contributed by atoms with Gasteiger partial charge in [-0.25, -0.2) is 0 Å². The molecule has 1 aromatic carbocycles. The van der Waals surface area contributed by atoms with Crippen LogP contribution in [-0.4, -0.2) is 65.4 Å². The van der Waals surface area contributed by atoms with E-state index in [0.29, 0.717) is 19.0 Å². The molecule has 156 valence electrons. The number of carbonyl (C=O) groups excluding carboxylic acids is 2. The maximum atomic E-state index is 13.4. The van der Waals surface area contributed by atoms with E-state index in [2.05, 4.69) is 15.2 Å². The highest BCUT2D eigenvalue weighted by atomic mass is 16.2. The molecule has 1 aromatic heterocycles. The van der Waals surface area contributed by atoms with Crippen molar-refractivity contribution in [2.24, 2.45) is 0 Å². The Balaban J connectivity index is 1.49. The Bertz CT molecular complexity index is 846. The van der Waals surface area contributed by atoms with Crippen molar-refractivity contribution in [2.75, 3.05) is 32.7 Å². The summed E-state index contributed by atoms with van der Waals surface area (Å²) in [5.41, 5.74) is 1.78. The molecule has 2 fully saturated rings. The molecule has 2 aliphatic rings. The molecule has 0 aliphatic carbocycles. The summed E-state index contributed by atoms with van der Waals surface area (Å²) in [7, 11) is 0. The molecule has 0 saturated carbocycles. The van der Waals surface area contributed by atoms with E-state index in [0.717, 1.165) is 68.3 Å². The third kappa shape index (κ3) is 4.81. The van der Waals surface area contributed by atoms with Crippen LogP contribution in [0.15, 0.2) is 30.5 Å². The second kappa shape index (κ2) is 9.44. The maximum Gasteiger partial charge on any atom is 0.254 e. The van der Waals surface area contributed by atoms with Gasteiger partial charge >= 0.3 is 0 Å². The van der Waals surface area contributed by atoms with E-state index < -0.39 is 0 Å². The van der Waals surface area contributed by atoms with Crippen LogP contribution in [0, 0.1) is 0 Å². The van der Waals surface area contributed by atoms with Gasteiger partial charge in [0.1, 0.15) is 0 Å². The van der Waals surface area contributed by atoms with Crippen molar-refractivity contribution in [1.82, 2.24) is 20.1 Å². The highest BCUT2D eigenvalue weighted by Crippen LogP contribution is 2.22. The van der Waals surface area contributed by atoms with Crippen molar-refractivity contribution in [2.45, 2.75) is 51.0 Å². The molecule has 4 rings (SSSR count). The monoisotopic (exact) mass is 396 g/mol. The predicted molar refractivity (Wildman–Crippen MR) is 115 cm³/mol. The van der Waals surface area contributed by atoms with Crippen LogP contribution in [0.3, 0.4) is 0 Å². The molecule has 0 spiro atoms. The molecule has 1 unspecified atom stereocenters. The fourth-order valence-electron chi connectivity index (χ4n) is 4.75. The fraction of sp³-hybridized carbons (Fsp3) is 0.565. The summed E-state index contributed by atoms with van der Waals surface area (Å²) in [4.78, 5) is 33.3. The van der Waals surface area contributed by atoms with E-state index >= 15 is 0 Å². The van der Waals surface area contributed by atoms with Crippen LogP contribution in [0.4, 0.5) is 0 Å². The standard InChI is InChI=1S/C23H32N4O2/c28-22-17-18-7-1-3-13-26(18)15-6-16-27(14-4-2-11-25-22)23(29)20-8-5-9-21-19(20)10-12-24-21/h5,8-10,12,18,24H,1-4,6-7,11,13-17H2,(H,25,28).